The summed E-state index contributed by atoms with van der Waals surface area (Å²) in [4.78, 5) is 6.73. The summed E-state index contributed by atoms with van der Waals surface area (Å²) < 4.78 is 17.6. The van der Waals surface area contributed by atoms with Crippen LogP contribution in [0, 0.1) is 11.3 Å². The van der Waals surface area contributed by atoms with E-state index >= 15 is 0 Å². The number of pyridine rings is 1. The molecule has 0 amide bonds. The Kier molecular flexibility index (Phi) is 5.80. The number of ether oxygens (including phenoxy) is 3. The molecule has 0 spiro atoms. The van der Waals surface area contributed by atoms with E-state index in [9.17, 15) is 5.26 Å². The minimum atomic E-state index is -0.0117. The predicted octanol–water partition coefficient (Wildman–Crippen LogP) is 5.13. The van der Waals surface area contributed by atoms with Crippen LogP contribution < -0.4 is 20.1 Å². The second kappa shape index (κ2) is 9.40. The number of nitrogens with zero attached hydrogens (tertiary/aromatic N) is 3. The van der Waals surface area contributed by atoms with E-state index in [4.69, 9.17) is 19.9 Å². The number of hydrogen-bond donors (Lipinski definition) is 1. The number of anilines is 3. The lowest BCUT2D eigenvalue weighted by Gasteiger charge is -2.24. The van der Waals surface area contributed by atoms with Crippen molar-refractivity contribution in [3.8, 4) is 17.6 Å². The van der Waals surface area contributed by atoms with Crippen molar-refractivity contribution in [2.45, 2.75) is 25.6 Å². The fraction of sp³-hybridized carbons (Fsp3) is 0.241. The molecule has 1 atom stereocenters. The minimum absolute atomic E-state index is 0.0117. The molecule has 3 heterocycles. The van der Waals surface area contributed by atoms with E-state index in [-0.39, 0.29) is 6.10 Å². The average molecular weight is 479 g/mol. The maximum Gasteiger partial charge on any atom is 0.144 e. The summed E-state index contributed by atoms with van der Waals surface area (Å²) in [6, 6.07) is 22.3. The number of nitrogen functional groups attached to an aromatic ring is 1. The molecule has 4 aromatic rings. The fourth-order valence-electron chi connectivity index (χ4n) is 4.90. The molecule has 1 fully saturated rings. The normalized spacial score (nSPS) is 16.6. The van der Waals surface area contributed by atoms with Crippen molar-refractivity contribution in [2.75, 3.05) is 30.4 Å². The Balaban J connectivity index is 1.36. The zero-order valence-electron chi connectivity index (χ0n) is 19.8. The number of rotatable bonds is 6. The first kappa shape index (κ1) is 22.2. The molecule has 7 heteroatoms. The van der Waals surface area contributed by atoms with Gasteiger partial charge in [0, 0.05) is 42.4 Å². The van der Waals surface area contributed by atoms with E-state index in [2.05, 4.69) is 28.1 Å². The fourth-order valence-corrected chi connectivity index (χ4v) is 4.90. The molecule has 7 nitrogen and oxygen atoms in total. The number of nitrogens with two attached hydrogens (primary N) is 1. The Hall–Kier alpha value is -4.28. The highest BCUT2D eigenvalue weighted by atomic mass is 16.5. The molecular formula is C29H26N4O3. The van der Waals surface area contributed by atoms with E-state index in [0.717, 1.165) is 53.0 Å². The van der Waals surface area contributed by atoms with Gasteiger partial charge in [0.2, 0.25) is 0 Å². The average Bonchev–Trinajstić information content (AvgIpc) is 3.58. The third-order valence-corrected chi connectivity index (χ3v) is 6.74. The van der Waals surface area contributed by atoms with Crippen LogP contribution in [0.25, 0.3) is 10.9 Å². The van der Waals surface area contributed by atoms with Gasteiger partial charge in [0.25, 0.3) is 0 Å². The van der Waals surface area contributed by atoms with Crippen LogP contribution in [0.15, 0.2) is 66.9 Å². The molecule has 36 heavy (non-hydrogen) atoms. The Morgan fingerprint density at radius 3 is 2.83 bits per heavy atom. The van der Waals surface area contributed by atoms with Gasteiger partial charge >= 0.3 is 0 Å². The van der Waals surface area contributed by atoms with Crippen LogP contribution in [-0.4, -0.2) is 30.8 Å². The monoisotopic (exact) mass is 478 g/mol. The highest BCUT2D eigenvalue weighted by Crippen LogP contribution is 2.43. The summed E-state index contributed by atoms with van der Waals surface area (Å²) in [5.74, 6) is 1.38. The summed E-state index contributed by atoms with van der Waals surface area (Å²) >= 11 is 0. The van der Waals surface area contributed by atoms with Crippen LogP contribution >= 0.6 is 0 Å². The van der Waals surface area contributed by atoms with Crippen molar-refractivity contribution >= 4 is 28.0 Å². The van der Waals surface area contributed by atoms with Gasteiger partial charge in [0.1, 0.15) is 30.3 Å². The first-order chi connectivity index (χ1) is 17.7. The molecule has 2 aliphatic rings. The first-order valence-electron chi connectivity index (χ1n) is 12.1. The van der Waals surface area contributed by atoms with Crippen LogP contribution in [0.1, 0.15) is 23.1 Å². The molecule has 0 saturated carbocycles. The molecule has 0 aliphatic carbocycles. The summed E-state index contributed by atoms with van der Waals surface area (Å²) in [5.41, 5.74) is 12.3. The third-order valence-electron chi connectivity index (χ3n) is 6.74. The van der Waals surface area contributed by atoms with Crippen molar-refractivity contribution in [1.29, 1.82) is 5.26 Å². The molecule has 2 N–H and O–H groups in total. The number of hydrogen-bond acceptors (Lipinski definition) is 7. The number of fused-ring (bicyclic) bond motifs is 2. The molecule has 180 valence electrons. The Bertz CT molecular complexity index is 1460. The van der Waals surface area contributed by atoms with Gasteiger partial charge in [-0.05, 0) is 29.7 Å². The smallest absolute Gasteiger partial charge is 0.144 e. The van der Waals surface area contributed by atoms with Crippen LogP contribution in [-0.2, 0) is 17.8 Å². The van der Waals surface area contributed by atoms with Gasteiger partial charge in [-0.1, -0.05) is 36.4 Å². The molecule has 0 radical (unpaired) electrons. The van der Waals surface area contributed by atoms with Crippen LogP contribution in [0.3, 0.4) is 0 Å². The second-order valence-electron chi connectivity index (χ2n) is 9.11. The summed E-state index contributed by atoms with van der Waals surface area (Å²) in [7, 11) is 0. The Morgan fingerprint density at radius 2 is 2.03 bits per heavy atom. The van der Waals surface area contributed by atoms with Crippen LogP contribution in [0.5, 0.6) is 11.5 Å². The molecule has 0 bridgehead atoms. The van der Waals surface area contributed by atoms with E-state index in [1.165, 1.54) is 5.56 Å². The SMILES string of the molecule is N#Cc1cnc2cc(OC3CCOC3)c(N)cc2c1N1CCc2ccc(OCc3ccccc3)cc21. The Morgan fingerprint density at radius 1 is 1.14 bits per heavy atom. The van der Waals surface area contributed by atoms with Gasteiger partial charge in [0.05, 0.1) is 35.7 Å². The highest BCUT2D eigenvalue weighted by molar-refractivity contribution is 6.00. The predicted molar refractivity (Wildman–Crippen MR) is 139 cm³/mol. The maximum absolute atomic E-state index is 9.95. The van der Waals surface area contributed by atoms with E-state index in [0.29, 0.717) is 36.8 Å². The molecule has 2 aliphatic heterocycles. The molecule has 1 saturated heterocycles. The van der Waals surface area contributed by atoms with Crippen molar-refractivity contribution < 1.29 is 14.2 Å². The van der Waals surface area contributed by atoms with Crippen LogP contribution in [0.4, 0.5) is 17.1 Å². The zero-order chi connectivity index (χ0) is 24.5. The minimum Gasteiger partial charge on any atom is -0.489 e. The van der Waals surface area contributed by atoms with Gasteiger partial charge in [0.15, 0.2) is 0 Å². The van der Waals surface area contributed by atoms with E-state index in [1.807, 2.05) is 48.5 Å². The number of nitriles is 1. The van der Waals surface area contributed by atoms with E-state index < -0.39 is 0 Å². The van der Waals surface area contributed by atoms with Crippen LogP contribution in [0.2, 0.25) is 0 Å². The van der Waals surface area contributed by atoms with Gasteiger partial charge in [-0.2, -0.15) is 5.26 Å². The zero-order valence-corrected chi connectivity index (χ0v) is 19.8. The molecule has 1 aromatic heterocycles. The van der Waals surface area contributed by atoms with Gasteiger partial charge in [-0.3, -0.25) is 4.98 Å². The van der Waals surface area contributed by atoms with Gasteiger partial charge < -0.3 is 24.8 Å². The Labute approximate surface area is 209 Å². The highest BCUT2D eigenvalue weighted by Gasteiger charge is 2.26. The number of aromatic nitrogens is 1. The summed E-state index contributed by atoms with van der Waals surface area (Å²) in [5, 5.41) is 10.8. The largest absolute Gasteiger partial charge is 0.489 e. The lowest BCUT2D eigenvalue weighted by atomic mass is 10.1. The van der Waals surface area contributed by atoms with Crippen molar-refractivity contribution in [3.05, 3.63) is 83.6 Å². The summed E-state index contributed by atoms with van der Waals surface area (Å²) in [6.45, 7) is 2.50. The van der Waals surface area contributed by atoms with Crippen molar-refractivity contribution in [3.63, 3.8) is 0 Å². The topological polar surface area (TPSA) is 93.6 Å². The van der Waals surface area contributed by atoms with E-state index in [1.54, 1.807) is 6.20 Å². The van der Waals surface area contributed by atoms with Crippen molar-refractivity contribution in [2.24, 2.45) is 0 Å². The summed E-state index contributed by atoms with van der Waals surface area (Å²) in [6.07, 6.45) is 3.33. The lowest BCUT2D eigenvalue weighted by Crippen LogP contribution is -2.17. The van der Waals surface area contributed by atoms with Gasteiger partial charge in [-0.15, -0.1) is 0 Å². The quantitative estimate of drug-likeness (QED) is 0.384. The molecule has 3 aromatic carbocycles. The molecule has 1 unspecified atom stereocenters. The van der Waals surface area contributed by atoms with Gasteiger partial charge in [-0.25, -0.2) is 0 Å². The molecular weight excluding hydrogens is 452 g/mol. The molecule has 6 rings (SSSR count). The first-order valence-corrected chi connectivity index (χ1v) is 12.1. The maximum atomic E-state index is 9.95. The second-order valence-corrected chi connectivity index (χ2v) is 9.11. The third kappa shape index (κ3) is 4.16. The number of benzene rings is 3. The van der Waals surface area contributed by atoms with Crippen molar-refractivity contribution in [1.82, 2.24) is 4.98 Å². The standard InChI is InChI=1S/C29H26N4O3/c30-15-21-16-32-26-14-28(36-23-9-11-34-18-23)25(31)13-24(26)29(21)33-10-8-20-6-7-22(12-27(20)33)35-17-19-4-2-1-3-5-19/h1-7,12-14,16,23H,8-11,17-18,31H2. The lowest BCUT2D eigenvalue weighted by molar-refractivity contribution is 0.142.